The normalized spacial score (nSPS) is 20.3. The Morgan fingerprint density at radius 3 is 2.63 bits per heavy atom. The number of carboxylic acid groups (broad SMARTS) is 1. The molecule has 0 fully saturated rings. The van der Waals surface area contributed by atoms with Gasteiger partial charge in [0.2, 0.25) is 0 Å². The summed E-state index contributed by atoms with van der Waals surface area (Å²) in [7, 11) is 1.64. The number of aliphatic carboxylic acids is 1. The number of alkyl halides is 3. The van der Waals surface area contributed by atoms with Crippen LogP contribution in [0.2, 0.25) is 0 Å². The molecule has 1 heterocycles. The van der Waals surface area contributed by atoms with Crippen LogP contribution in [0.4, 0.5) is 18.9 Å². The first-order chi connectivity index (χ1) is 8.73. The van der Waals surface area contributed by atoms with Gasteiger partial charge in [-0.15, -0.1) is 0 Å². The summed E-state index contributed by atoms with van der Waals surface area (Å²) < 4.78 is 38.8. The van der Waals surface area contributed by atoms with Gasteiger partial charge in [-0.05, 0) is 31.0 Å². The monoisotopic (exact) mass is 273 g/mol. The zero-order valence-corrected chi connectivity index (χ0v) is 10.5. The third kappa shape index (κ3) is 2.27. The van der Waals surface area contributed by atoms with Crippen molar-refractivity contribution in [2.24, 2.45) is 5.92 Å². The van der Waals surface area contributed by atoms with Gasteiger partial charge in [-0.3, -0.25) is 4.79 Å². The molecule has 0 spiro atoms. The highest BCUT2D eigenvalue weighted by atomic mass is 19.4. The molecule has 1 aromatic rings. The Kier molecular flexibility index (Phi) is 3.20. The molecule has 0 bridgehead atoms. The number of carbonyl (C=O) groups is 1. The third-order valence-electron chi connectivity index (χ3n) is 3.71. The van der Waals surface area contributed by atoms with E-state index in [0.29, 0.717) is 5.69 Å². The molecule has 0 aromatic heterocycles. The molecule has 2 rings (SSSR count). The minimum absolute atomic E-state index is 0.106. The Labute approximate surface area is 108 Å². The van der Waals surface area contributed by atoms with Crippen LogP contribution in [0.1, 0.15) is 18.1 Å². The standard InChI is InChI=1S/C13H14F3NO2/c1-7(12(18)19)11-6-8-9(13(14,15)16)4-3-5-10(8)17(11)2/h3-5,7,11H,6H2,1-2H3,(H,18,19). The van der Waals surface area contributed by atoms with E-state index >= 15 is 0 Å². The second-order valence-electron chi connectivity index (χ2n) is 4.81. The number of rotatable bonds is 2. The number of likely N-dealkylation sites (N-methyl/N-ethyl adjacent to an activating group) is 1. The lowest BCUT2D eigenvalue weighted by Crippen LogP contribution is -2.37. The predicted octanol–water partition coefficient (Wildman–Crippen LogP) is 2.79. The Hall–Kier alpha value is -1.72. The number of benzene rings is 1. The van der Waals surface area contributed by atoms with E-state index in [1.165, 1.54) is 13.0 Å². The molecule has 1 N–H and O–H groups in total. The van der Waals surface area contributed by atoms with Crippen LogP contribution < -0.4 is 4.90 Å². The summed E-state index contributed by atoms with van der Waals surface area (Å²) in [5, 5.41) is 9.02. The maximum Gasteiger partial charge on any atom is 0.416 e. The first-order valence-electron chi connectivity index (χ1n) is 5.88. The third-order valence-corrected chi connectivity index (χ3v) is 3.71. The summed E-state index contributed by atoms with van der Waals surface area (Å²) >= 11 is 0. The average Bonchev–Trinajstić information content (AvgIpc) is 2.64. The van der Waals surface area contributed by atoms with Gasteiger partial charge in [-0.2, -0.15) is 13.2 Å². The van der Waals surface area contributed by atoms with Crippen LogP contribution in [0.15, 0.2) is 18.2 Å². The van der Waals surface area contributed by atoms with E-state index in [1.807, 2.05) is 0 Å². The van der Waals surface area contributed by atoms with Gasteiger partial charge in [0.25, 0.3) is 0 Å². The molecule has 0 aliphatic carbocycles. The largest absolute Gasteiger partial charge is 0.481 e. The van der Waals surface area contributed by atoms with Crippen molar-refractivity contribution >= 4 is 11.7 Å². The van der Waals surface area contributed by atoms with Crippen LogP contribution in [0, 0.1) is 5.92 Å². The molecular weight excluding hydrogens is 259 g/mol. The van der Waals surface area contributed by atoms with Crippen molar-refractivity contribution < 1.29 is 23.1 Å². The summed E-state index contributed by atoms with van der Waals surface area (Å²) in [5.74, 6) is -1.73. The Balaban J connectivity index is 2.43. The maximum absolute atomic E-state index is 12.9. The number of fused-ring (bicyclic) bond motifs is 1. The van der Waals surface area contributed by atoms with Crippen LogP contribution in [-0.2, 0) is 17.4 Å². The zero-order chi connectivity index (χ0) is 14.4. The fourth-order valence-corrected chi connectivity index (χ4v) is 2.59. The van der Waals surface area contributed by atoms with Gasteiger partial charge in [0.1, 0.15) is 0 Å². The topological polar surface area (TPSA) is 40.5 Å². The van der Waals surface area contributed by atoms with E-state index in [9.17, 15) is 18.0 Å². The second kappa shape index (κ2) is 4.43. The highest BCUT2D eigenvalue weighted by molar-refractivity contribution is 5.73. The van der Waals surface area contributed by atoms with Gasteiger partial charge in [0.05, 0.1) is 11.5 Å². The molecule has 0 radical (unpaired) electrons. The Bertz CT molecular complexity index is 513. The molecule has 1 aromatic carbocycles. The smallest absolute Gasteiger partial charge is 0.416 e. The summed E-state index contributed by atoms with van der Waals surface area (Å²) in [6.07, 6.45) is -4.30. The van der Waals surface area contributed by atoms with Crippen molar-refractivity contribution in [1.29, 1.82) is 0 Å². The van der Waals surface area contributed by atoms with Crippen LogP contribution >= 0.6 is 0 Å². The van der Waals surface area contributed by atoms with Crippen molar-refractivity contribution in [2.45, 2.75) is 25.6 Å². The summed E-state index contributed by atoms with van der Waals surface area (Å²) in [5.41, 5.74) is -0.0135. The average molecular weight is 273 g/mol. The van der Waals surface area contributed by atoms with Crippen molar-refractivity contribution in [2.75, 3.05) is 11.9 Å². The summed E-state index contributed by atoms with van der Waals surface area (Å²) in [6, 6.07) is 3.54. The van der Waals surface area contributed by atoms with E-state index in [1.54, 1.807) is 18.0 Å². The minimum atomic E-state index is -4.41. The van der Waals surface area contributed by atoms with E-state index in [4.69, 9.17) is 5.11 Å². The fourth-order valence-electron chi connectivity index (χ4n) is 2.59. The van der Waals surface area contributed by atoms with E-state index in [0.717, 1.165) is 6.07 Å². The second-order valence-corrected chi connectivity index (χ2v) is 4.81. The van der Waals surface area contributed by atoms with E-state index < -0.39 is 29.7 Å². The van der Waals surface area contributed by atoms with Gasteiger partial charge < -0.3 is 10.0 Å². The van der Waals surface area contributed by atoms with Crippen LogP contribution in [0.25, 0.3) is 0 Å². The van der Waals surface area contributed by atoms with Gasteiger partial charge in [0.15, 0.2) is 0 Å². The Morgan fingerprint density at radius 1 is 1.47 bits per heavy atom. The summed E-state index contributed by atoms with van der Waals surface area (Å²) in [4.78, 5) is 12.6. The molecule has 3 nitrogen and oxygen atoms in total. The fraction of sp³-hybridized carbons (Fsp3) is 0.462. The molecule has 0 amide bonds. The summed E-state index contributed by atoms with van der Waals surface area (Å²) in [6.45, 7) is 1.52. The van der Waals surface area contributed by atoms with Gasteiger partial charge in [-0.25, -0.2) is 0 Å². The van der Waals surface area contributed by atoms with Crippen molar-refractivity contribution in [1.82, 2.24) is 0 Å². The number of carboxylic acids is 1. The van der Waals surface area contributed by atoms with Gasteiger partial charge >= 0.3 is 12.1 Å². The molecule has 2 unspecified atom stereocenters. The SMILES string of the molecule is CC(C(=O)O)C1Cc2c(cccc2C(F)(F)F)N1C. The highest BCUT2D eigenvalue weighted by Crippen LogP contribution is 2.42. The number of halogens is 3. The van der Waals surface area contributed by atoms with Crippen LogP contribution in [0.3, 0.4) is 0 Å². The maximum atomic E-state index is 12.9. The molecular formula is C13H14F3NO2. The quantitative estimate of drug-likeness (QED) is 0.900. The Morgan fingerprint density at radius 2 is 2.11 bits per heavy atom. The van der Waals surface area contributed by atoms with Crippen molar-refractivity contribution in [3.05, 3.63) is 29.3 Å². The molecule has 0 saturated carbocycles. The molecule has 1 aliphatic heterocycles. The lowest BCUT2D eigenvalue weighted by molar-refractivity contribution is -0.141. The lowest BCUT2D eigenvalue weighted by atomic mass is 9.96. The van der Waals surface area contributed by atoms with Gasteiger partial charge in [0, 0.05) is 18.8 Å². The predicted molar refractivity (Wildman–Crippen MR) is 64.1 cm³/mol. The van der Waals surface area contributed by atoms with Crippen molar-refractivity contribution in [3.63, 3.8) is 0 Å². The van der Waals surface area contributed by atoms with Crippen LogP contribution in [-0.4, -0.2) is 24.2 Å². The molecule has 6 heteroatoms. The number of hydrogen-bond donors (Lipinski definition) is 1. The first kappa shape index (κ1) is 13.7. The minimum Gasteiger partial charge on any atom is -0.481 e. The molecule has 2 atom stereocenters. The zero-order valence-electron chi connectivity index (χ0n) is 10.5. The first-order valence-corrected chi connectivity index (χ1v) is 5.88. The molecule has 1 aliphatic rings. The molecule has 104 valence electrons. The highest BCUT2D eigenvalue weighted by Gasteiger charge is 2.41. The number of nitrogens with zero attached hydrogens (tertiary/aromatic N) is 1. The van der Waals surface area contributed by atoms with Gasteiger partial charge in [-0.1, -0.05) is 6.07 Å². The molecule has 0 saturated heterocycles. The van der Waals surface area contributed by atoms with E-state index in [2.05, 4.69) is 0 Å². The molecule has 19 heavy (non-hydrogen) atoms. The number of hydrogen-bond acceptors (Lipinski definition) is 2. The number of anilines is 1. The van der Waals surface area contributed by atoms with Crippen LogP contribution in [0.5, 0.6) is 0 Å². The van der Waals surface area contributed by atoms with E-state index in [-0.39, 0.29) is 12.0 Å². The van der Waals surface area contributed by atoms with Crippen molar-refractivity contribution in [3.8, 4) is 0 Å². The lowest BCUT2D eigenvalue weighted by Gasteiger charge is -2.25.